The van der Waals surface area contributed by atoms with Crippen molar-refractivity contribution in [2.24, 2.45) is 0 Å². The molecule has 0 fully saturated rings. The van der Waals surface area contributed by atoms with E-state index < -0.39 is 13.2 Å². The molecule has 0 saturated heterocycles. The predicted molar refractivity (Wildman–Crippen MR) is 196 cm³/mol. The summed E-state index contributed by atoms with van der Waals surface area (Å²) in [5.74, 6) is -0.838. The van der Waals surface area contributed by atoms with E-state index in [9.17, 15) is 14.0 Å². The number of aldehydes is 1. The summed E-state index contributed by atoms with van der Waals surface area (Å²) in [5.41, 5.74) is 3.69. The summed E-state index contributed by atoms with van der Waals surface area (Å²) in [6.45, 7) is 7.89. The van der Waals surface area contributed by atoms with Crippen molar-refractivity contribution in [3.63, 3.8) is 0 Å². The van der Waals surface area contributed by atoms with E-state index in [1.165, 1.54) is 35.2 Å². The first-order chi connectivity index (χ1) is 23.2. The lowest BCUT2D eigenvalue weighted by Gasteiger charge is -2.26. The fraction of sp³-hybridized carbons (Fsp3) is 0.244. The third kappa shape index (κ3) is 8.88. The molecule has 49 heavy (non-hydrogen) atoms. The number of ether oxygens (including phenoxy) is 2. The zero-order valence-corrected chi connectivity index (χ0v) is 30.5. The number of nitrogens with zero attached hydrogens (tertiary/aromatic N) is 1. The topological polar surface area (TPSA) is 65.5 Å². The molecule has 0 N–H and O–H groups in total. The Morgan fingerprint density at radius 3 is 1.55 bits per heavy atom. The van der Waals surface area contributed by atoms with Crippen molar-refractivity contribution < 1.29 is 35.9 Å². The van der Waals surface area contributed by atoms with Gasteiger partial charge in [-0.3, -0.25) is 4.98 Å². The van der Waals surface area contributed by atoms with Gasteiger partial charge in [0.25, 0.3) is 0 Å². The molecule has 1 heterocycles. The van der Waals surface area contributed by atoms with Crippen LogP contribution in [0.2, 0.25) is 0 Å². The van der Waals surface area contributed by atoms with Gasteiger partial charge in [0, 0.05) is 24.8 Å². The Balaban J connectivity index is 0.000000263. The van der Waals surface area contributed by atoms with E-state index in [2.05, 4.69) is 91.0 Å². The zero-order valence-electron chi connectivity index (χ0n) is 28.9. The van der Waals surface area contributed by atoms with Crippen molar-refractivity contribution in [2.45, 2.75) is 46.0 Å². The van der Waals surface area contributed by atoms with Gasteiger partial charge in [-0.1, -0.05) is 94.4 Å². The van der Waals surface area contributed by atoms with Crippen LogP contribution in [0.1, 0.15) is 66.8 Å². The van der Waals surface area contributed by atoms with Crippen LogP contribution in [0.3, 0.4) is 0 Å². The number of rotatable bonds is 11. The highest BCUT2D eigenvalue weighted by molar-refractivity contribution is 7.95. The van der Waals surface area contributed by atoms with Gasteiger partial charge in [0.1, 0.15) is 35.3 Å². The molecule has 5 aromatic rings. The molecule has 4 aromatic carbocycles. The average molecular weight is 700 g/mol. The number of carbonyl (C=O) groups is 2. The van der Waals surface area contributed by atoms with Crippen LogP contribution in [0.15, 0.2) is 115 Å². The molecule has 0 amide bonds. The van der Waals surface area contributed by atoms with Gasteiger partial charge in [0.05, 0.1) is 18.4 Å². The predicted octanol–water partition coefficient (Wildman–Crippen LogP) is 5.25. The summed E-state index contributed by atoms with van der Waals surface area (Å²) in [7, 11) is 1.34. The molecule has 5 nitrogen and oxygen atoms in total. The maximum absolute atomic E-state index is 13.4. The van der Waals surface area contributed by atoms with Crippen LogP contribution in [0.4, 0.5) is 4.39 Å². The minimum absolute atomic E-state index is 0. The second kappa shape index (κ2) is 18.5. The summed E-state index contributed by atoms with van der Waals surface area (Å²) < 4.78 is 24.2. The third-order valence-electron chi connectivity index (χ3n) is 8.18. The molecule has 0 aliphatic rings. The van der Waals surface area contributed by atoms with E-state index in [0.29, 0.717) is 34.3 Å². The quantitative estimate of drug-likeness (QED) is 0.107. The van der Waals surface area contributed by atoms with Crippen LogP contribution in [0.25, 0.3) is 11.1 Å². The van der Waals surface area contributed by atoms with E-state index in [1.807, 2.05) is 27.7 Å². The number of carbonyl (C=O) groups excluding carboxylic acids is 2. The number of aromatic nitrogens is 1. The fourth-order valence-corrected chi connectivity index (χ4v) is 9.77. The van der Waals surface area contributed by atoms with E-state index in [0.717, 1.165) is 12.0 Å². The van der Waals surface area contributed by atoms with Crippen molar-refractivity contribution >= 4 is 35.4 Å². The Bertz CT molecular complexity index is 1690. The van der Waals surface area contributed by atoms with Crippen LogP contribution >= 0.6 is 7.26 Å². The smallest absolute Gasteiger partial charge is 0.340 e. The first-order valence-electron chi connectivity index (χ1n) is 16.1. The molecule has 0 atom stereocenters. The number of halogens is 2. The Morgan fingerprint density at radius 2 is 1.18 bits per heavy atom. The summed E-state index contributed by atoms with van der Waals surface area (Å²) in [4.78, 5) is 28.7. The maximum Gasteiger partial charge on any atom is 0.340 e. The third-order valence-corrected chi connectivity index (χ3v) is 12.4. The van der Waals surface area contributed by atoms with Crippen molar-refractivity contribution in [3.8, 4) is 11.1 Å². The fourth-order valence-electron chi connectivity index (χ4n) is 6.00. The van der Waals surface area contributed by atoms with Crippen molar-refractivity contribution in [1.82, 2.24) is 4.98 Å². The van der Waals surface area contributed by atoms with Crippen LogP contribution in [0.5, 0.6) is 0 Å². The largest absolute Gasteiger partial charge is 1.00 e. The lowest BCUT2D eigenvalue weighted by atomic mass is 9.86. The minimum atomic E-state index is -1.78. The molecule has 1 aromatic heterocycles. The molecular formula is C41H44ClFNO4P. The van der Waals surface area contributed by atoms with Gasteiger partial charge in [0.15, 0.2) is 6.35 Å². The molecule has 0 aliphatic carbocycles. The van der Waals surface area contributed by atoms with Crippen LogP contribution in [0, 0.1) is 5.82 Å². The van der Waals surface area contributed by atoms with Crippen LogP contribution < -0.4 is 28.3 Å². The van der Waals surface area contributed by atoms with Gasteiger partial charge in [-0.2, -0.15) is 0 Å². The summed E-state index contributed by atoms with van der Waals surface area (Å²) in [6, 6.07) is 38.2. The number of hydrogen-bond acceptors (Lipinski definition) is 5. The van der Waals surface area contributed by atoms with E-state index in [4.69, 9.17) is 14.5 Å². The Labute approximate surface area is 296 Å². The first-order valence-corrected chi connectivity index (χ1v) is 18.0. The molecule has 0 bridgehead atoms. The standard InChI is InChI=1S/C21H24FNO3.C20H20OP.ClH/c1-12(2)19-16(10-11-24)17(14-6-8-15(22)9-7-14)18(21(25)26-5)20(23-19)13(3)4;1-21-17-22(18-11-5-2-6-12-18,19-13-7-3-8-14-19)20-15-9-4-10-16-20;/h6-9,11-13H,10H2,1-5H3;2-16H,17H2,1H3;1H/q;+1;/p-1. The highest BCUT2D eigenvalue weighted by Gasteiger charge is 2.45. The summed E-state index contributed by atoms with van der Waals surface area (Å²) >= 11 is 0. The monoisotopic (exact) mass is 699 g/mol. The van der Waals surface area contributed by atoms with Gasteiger partial charge in [-0.25, -0.2) is 9.18 Å². The number of hydrogen-bond donors (Lipinski definition) is 0. The molecule has 5 rings (SSSR count). The van der Waals surface area contributed by atoms with Gasteiger partial charge >= 0.3 is 5.97 Å². The number of benzene rings is 4. The summed E-state index contributed by atoms with van der Waals surface area (Å²) in [5, 5.41) is 4.07. The minimum Gasteiger partial charge on any atom is -1.00 e. The van der Waals surface area contributed by atoms with Gasteiger partial charge in [-0.05, 0) is 71.5 Å². The van der Waals surface area contributed by atoms with E-state index >= 15 is 0 Å². The van der Waals surface area contributed by atoms with Crippen LogP contribution in [-0.4, -0.2) is 37.8 Å². The normalized spacial score (nSPS) is 11.0. The Morgan fingerprint density at radius 1 is 0.735 bits per heavy atom. The summed E-state index contributed by atoms with van der Waals surface area (Å²) in [6.07, 6.45) is 1.63. The molecule has 256 valence electrons. The highest BCUT2D eigenvalue weighted by Crippen LogP contribution is 2.55. The van der Waals surface area contributed by atoms with Gasteiger partial charge < -0.3 is 26.7 Å². The molecule has 8 heteroatoms. The molecule has 0 radical (unpaired) electrons. The Hall–Kier alpha value is -4.22. The second-order valence-corrected chi connectivity index (χ2v) is 15.5. The van der Waals surface area contributed by atoms with Crippen LogP contribution in [-0.2, 0) is 20.7 Å². The SMILES string of the molecule is COC(=O)c1c(C(C)C)nc(C(C)C)c(CC=O)c1-c1ccc(F)cc1.COC[P+](c1ccccc1)(c1ccccc1)c1ccccc1.[Cl-]. The van der Waals surface area contributed by atoms with Gasteiger partial charge in [0.2, 0.25) is 0 Å². The van der Waals surface area contributed by atoms with Crippen molar-refractivity contribution in [2.75, 3.05) is 20.6 Å². The maximum atomic E-state index is 13.4. The van der Waals surface area contributed by atoms with E-state index in [1.54, 1.807) is 19.2 Å². The van der Waals surface area contributed by atoms with E-state index in [-0.39, 0.29) is 36.5 Å². The molecular weight excluding hydrogens is 656 g/mol. The van der Waals surface area contributed by atoms with Crippen molar-refractivity contribution in [3.05, 3.63) is 144 Å². The first kappa shape index (κ1) is 39.2. The second-order valence-electron chi connectivity index (χ2n) is 12.0. The van der Waals surface area contributed by atoms with Crippen molar-refractivity contribution in [1.29, 1.82) is 0 Å². The number of esters is 1. The lowest BCUT2D eigenvalue weighted by molar-refractivity contribution is -0.107. The molecule has 0 aliphatic heterocycles. The molecule has 0 unspecified atom stereocenters. The lowest BCUT2D eigenvalue weighted by Crippen LogP contribution is -3.00. The molecule has 0 spiro atoms. The molecule has 0 saturated carbocycles. The zero-order chi connectivity index (χ0) is 34.7. The Kier molecular flexibility index (Phi) is 14.8. The van der Waals surface area contributed by atoms with Gasteiger partial charge in [-0.15, -0.1) is 0 Å². The number of pyridine rings is 1. The highest BCUT2D eigenvalue weighted by atomic mass is 35.5. The average Bonchev–Trinajstić information content (AvgIpc) is 3.11. The number of methoxy groups -OCH3 is 2.